The molecule has 4 nitrogen and oxygen atoms in total. The molecule has 0 bridgehead atoms. The van der Waals surface area contributed by atoms with Gasteiger partial charge >= 0.3 is 5.97 Å². The van der Waals surface area contributed by atoms with Crippen LogP contribution in [0, 0.1) is 12.7 Å². The average molecular weight is 336 g/mol. The summed E-state index contributed by atoms with van der Waals surface area (Å²) < 4.78 is 18.3. The number of halogens is 2. The molecule has 6 heteroatoms. The summed E-state index contributed by atoms with van der Waals surface area (Å²) in [4.78, 5) is 23.4. The highest BCUT2D eigenvalue weighted by molar-refractivity contribution is 6.30. The topological polar surface area (TPSA) is 55.4 Å². The Morgan fingerprint density at radius 3 is 2.57 bits per heavy atom. The minimum Gasteiger partial charge on any atom is -0.455 e. The summed E-state index contributed by atoms with van der Waals surface area (Å²) in [6.45, 7) is 1.46. The Morgan fingerprint density at radius 2 is 1.87 bits per heavy atom. The molecule has 0 saturated heterocycles. The number of aryl methyl sites for hydroxylation is 1. The van der Waals surface area contributed by atoms with Crippen LogP contribution >= 0.6 is 11.6 Å². The average Bonchev–Trinajstić information content (AvgIpc) is 2.51. The number of ether oxygens (including phenoxy) is 1. The van der Waals surface area contributed by atoms with Gasteiger partial charge in [0.2, 0.25) is 0 Å². The summed E-state index contributed by atoms with van der Waals surface area (Å²) in [5.74, 6) is -1.78. The molecule has 0 saturated carbocycles. The maximum atomic E-state index is 13.5. The van der Waals surface area contributed by atoms with Gasteiger partial charge in [0.05, 0.1) is 12.1 Å². The van der Waals surface area contributed by atoms with E-state index in [-0.39, 0.29) is 17.1 Å². The smallest absolute Gasteiger partial charge is 0.310 e. The normalized spacial score (nSPS) is 10.2. The Morgan fingerprint density at radius 1 is 1.17 bits per heavy atom. The molecule has 0 aromatic heterocycles. The number of amides is 1. The summed E-state index contributed by atoms with van der Waals surface area (Å²) in [5, 5.41) is 2.59. The molecule has 0 atom stereocenters. The molecule has 0 fully saturated rings. The van der Waals surface area contributed by atoms with Crippen LogP contribution in [0.5, 0.6) is 0 Å². The zero-order valence-corrected chi connectivity index (χ0v) is 13.2. The van der Waals surface area contributed by atoms with E-state index in [2.05, 4.69) is 5.32 Å². The zero-order chi connectivity index (χ0) is 16.8. The van der Waals surface area contributed by atoms with Gasteiger partial charge in [-0.3, -0.25) is 9.59 Å². The molecule has 1 amide bonds. The van der Waals surface area contributed by atoms with Gasteiger partial charge in [-0.15, -0.1) is 0 Å². The van der Waals surface area contributed by atoms with Crippen molar-refractivity contribution in [2.75, 3.05) is 11.9 Å². The fourth-order valence-corrected chi connectivity index (χ4v) is 2.02. The first-order valence-electron chi connectivity index (χ1n) is 6.90. The first kappa shape index (κ1) is 17.0. The molecule has 0 spiro atoms. The Bertz CT molecular complexity index is 716. The summed E-state index contributed by atoms with van der Waals surface area (Å²) in [6.07, 6.45) is 0.0685. The molecule has 23 heavy (non-hydrogen) atoms. The lowest BCUT2D eigenvalue weighted by Crippen LogP contribution is -2.22. The fourth-order valence-electron chi connectivity index (χ4n) is 1.85. The molecule has 1 N–H and O–H groups in total. The maximum Gasteiger partial charge on any atom is 0.310 e. The zero-order valence-electron chi connectivity index (χ0n) is 12.4. The summed E-state index contributed by atoms with van der Waals surface area (Å²) in [6, 6.07) is 11.2. The van der Waals surface area contributed by atoms with Gasteiger partial charge in [-0.2, -0.15) is 0 Å². The second-order valence-corrected chi connectivity index (χ2v) is 5.43. The van der Waals surface area contributed by atoms with Gasteiger partial charge in [-0.1, -0.05) is 41.4 Å². The third-order valence-electron chi connectivity index (χ3n) is 3.04. The molecule has 2 aromatic rings. The quantitative estimate of drug-likeness (QED) is 0.851. The Hall–Kier alpha value is -2.40. The second-order valence-electron chi connectivity index (χ2n) is 5.00. The molecule has 0 aliphatic carbocycles. The molecular formula is C17H15ClFNO3. The number of carbonyl (C=O) groups excluding carboxylic acids is 2. The van der Waals surface area contributed by atoms with Gasteiger partial charge in [-0.25, -0.2) is 4.39 Å². The Balaban J connectivity index is 1.83. The van der Waals surface area contributed by atoms with Gasteiger partial charge in [0.15, 0.2) is 6.61 Å². The molecule has 0 aliphatic heterocycles. The van der Waals surface area contributed by atoms with Crippen molar-refractivity contribution in [3.63, 3.8) is 0 Å². The van der Waals surface area contributed by atoms with Gasteiger partial charge in [0, 0.05) is 5.02 Å². The highest BCUT2D eigenvalue weighted by atomic mass is 35.5. The standard InChI is InChI=1S/C17H15ClFNO3/c1-11-2-4-12(5-3-11)8-17(22)23-10-16(21)20-15-9-13(18)6-7-14(15)19/h2-7,9H,8,10H2,1H3,(H,20,21). The summed E-state index contributed by atoms with van der Waals surface area (Å²) >= 11 is 5.73. The van der Waals surface area contributed by atoms with Crippen LogP contribution in [-0.4, -0.2) is 18.5 Å². The Labute approximate surface area is 138 Å². The summed E-state index contributed by atoms with van der Waals surface area (Å²) in [5.41, 5.74) is 1.82. The highest BCUT2D eigenvalue weighted by Gasteiger charge is 2.11. The van der Waals surface area contributed by atoms with E-state index in [0.29, 0.717) is 0 Å². The Kier molecular flexibility index (Phi) is 5.71. The molecule has 2 rings (SSSR count). The number of benzene rings is 2. The third-order valence-corrected chi connectivity index (χ3v) is 3.27. The molecule has 2 aromatic carbocycles. The number of esters is 1. The molecule has 0 heterocycles. The van der Waals surface area contributed by atoms with Gasteiger partial charge in [0.1, 0.15) is 5.82 Å². The number of hydrogen-bond donors (Lipinski definition) is 1. The van der Waals surface area contributed by atoms with E-state index in [1.54, 1.807) is 0 Å². The number of nitrogens with one attached hydrogen (secondary N) is 1. The van der Waals surface area contributed by atoms with Gasteiger partial charge in [-0.05, 0) is 30.7 Å². The lowest BCUT2D eigenvalue weighted by Gasteiger charge is -2.08. The predicted octanol–water partition coefficient (Wildman–Crippen LogP) is 3.51. The lowest BCUT2D eigenvalue weighted by atomic mass is 10.1. The number of carbonyl (C=O) groups is 2. The van der Waals surface area contributed by atoms with Crippen LogP contribution in [0.2, 0.25) is 5.02 Å². The van der Waals surface area contributed by atoms with E-state index in [0.717, 1.165) is 17.2 Å². The number of anilines is 1. The fraction of sp³-hybridized carbons (Fsp3) is 0.176. The van der Waals surface area contributed by atoms with Crippen LogP contribution in [0.1, 0.15) is 11.1 Å². The van der Waals surface area contributed by atoms with Crippen LogP contribution < -0.4 is 5.32 Å². The van der Waals surface area contributed by atoms with E-state index in [9.17, 15) is 14.0 Å². The van der Waals surface area contributed by atoms with Crippen molar-refractivity contribution in [1.82, 2.24) is 0 Å². The van der Waals surface area contributed by atoms with E-state index >= 15 is 0 Å². The van der Waals surface area contributed by atoms with Crippen molar-refractivity contribution in [3.8, 4) is 0 Å². The number of rotatable bonds is 5. The monoisotopic (exact) mass is 335 g/mol. The van der Waals surface area contributed by atoms with Crippen molar-refractivity contribution >= 4 is 29.2 Å². The molecular weight excluding hydrogens is 321 g/mol. The molecule has 0 aliphatic rings. The SMILES string of the molecule is Cc1ccc(CC(=O)OCC(=O)Nc2cc(Cl)ccc2F)cc1. The third kappa shape index (κ3) is 5.38. The largest absolute Gasteiger partial charge is 0.455 e. The van der Waals surface area contributed by atoms with Crippen LogP contribution in [0.25, 0.3) is 0 Å². The van der Waals surface area contributed by atoms with Crippen molar-refractivity contribution in [2.45, 2.75) is 13.3 Å². The molecule has 0 radical (unpaired) electrons. The van der Waals surface area contributed by atoms with Crippen molar-refractivity contribution < 1.29 is 18.7 Å². The predicted molar refractivity (Wildman–Crippen MR) is 85.9 cm³/mol. The van der Waals surface area contributed by atoms with Crippen LogP contribution in [-0.2, 0) is 20.7 Å². The molecule has 120 valence electrons. The summed E-state index contributed by atoms with van der Waals surface area (Å²) in [7, 11) is 0. The lowest BCUT2D eigenvalue weighted by molar-refractivity contribution is -0.146. The molecule has 0 unspecified atom stereocenters. The van der Waals surface area contributed by atoms with Crippen molar-refractivity contribution in [1.29, 1.82) is 0 Å². The van der Waals surface area contributed by atoms with Crippen LogP contribution in [0.4, 0.5) is 10.1 Å². The van der Waals surface area contributed by atoms with E-state index < -0.39 is 24.3 Å². The minimum absolute atomic E-state index is 0.0583. The van der Waals surface area contributed by atoms with Crippen molar-refractivity contribution in [2.24, 2.45) is 0 Å². The second kappa shape index (κ2) is 7.74. The highest BCUT2D eigenvalue weighted by Crippen LogP contribution is 2.19. The van der Waals surface area contributed by atoms with Gasteiger partial charge in [0.25, 0.3) is 5.91 Å². The maximum absolute atomic E-state index is 13.5. The van der Waals surface area contributed by atoms with Crippen LogP contribution in [0.3, 0.4) is 0 Å². The van der Waals surface area contributed by atoms with E-state index in [4.69, 9.17) is 16.3 Å². The number of hydrogen-bond acceptors (Lipinski definition) is 3. The van der Waals surface area contributed by atoms with Crippen LogP contribution in [0.15, 0.2) is 42.5 Å². The van der Waals surface area contributed by atoms with E-state index in [1.165, 1.54) is 12.1 Å². The minimum atomic E-state index is -0.636. The first-order valence-corrected chi connectivity index (χ1v) is 7.28. The van der Waals surface area contributed by atoms with Gasteiger partial charge < -0.3 is 10.1 Å². The first-order chi connectivity index (χ1) is 10.9. The van der Waals surface area contributed by atoms with Crippen molar-refractivity contribution in [3.05, 3.63) is 64.4 Å². The van der Waals surface area contributed by atoms with E-state index in [1.807, 2.05) is 31.2 Å².